The molecule has 4 aromatic rings. The molecular weight excluding hydrogens is 490 g/mol. The minimum atomic E-state index is -0.300. The first-order valence-electron chi connectivity index (χ1n) is 13.7. The summed E-state index contributed by atoms with van der Waals surface area (Å²) in [7, 11) is 0. The van der Waals surface area contributed by atoms with E-state index in [0.717, 1.165) is 36.0 Å². The molecule has 5 heteroatoms. The molecule has 198 valence electrons. The van der Waals surface area contributed by atoms with Crippen LogP contribution >= 0.6 is 0 Å². The van der Waals surface area contributed by atoms with E-state index in [1.54, 1.807) is 18.2 Å². The van der Waals surface area contributed by atoms with Gasteiger partial charge in [0.1, 0.15) is 11.6 Å². The molecule has 2 aliphatic rings. The summed E-state index contributed by atoms with van der Waals surface area (Å²) in [5, 5.41) is 0. The fourth-order valence-corrected chi connectivity index (χ4v) is 6.31. The lowest BCUT2D eigenvalue weighted by molar-refractivity contribution is -0.136. The number of rotatable bonds is 6. The Morgan fingerprint density at radius 2 is 1.51 bits per heavy atom. The van der Waals surface area contributed by atoms with Gasteiger partial charge in [0.05, 0.1) is 12.6 Å². The minimum Gasteiger partial charge on any atom is -0.333 e. The molecule has 3 nitrogen and oxygen atoms in total. The predicted molar refractivity (Wildman–Crippen MR) is 149 cm³/mol. The van der Waals surface area contributed by atoms with Crippen molar-refractivity contribution < 1.29 is 13.6 Å². The molecule has 0 radical (unpaired) electrons. The summed E-state index contributed by atoms with van der Waals surface area (Å²) in [5.41, 5.74) is 7.21. The zero-order valence-corrected chi connectivity index (χ0v) is 22.1. The molecule has 1 aliphatic carbocycles. The summed E-state index contributed by atoms with van der Waals surface area (Å²) in [5.74, 6) is -0.615. The molecular formula is C34H32F2N2O. The highest BCUT2D eigenvalue weighted by molar-refractivity contribution is 5.79. The van der Waals surface area contributed by atoms with Crippen molar-refractivity contribution in [1.82, 2.24) is 9.80 Å². The molecule has 0 bridgehead atoms. The molecule has 0 N–H and O–H groups in total. The molecule has 1 heterocycles. The molecule has 6 rings (SSSR count). The highest BCUT2D eigenvalue weighted by Crippen LogP contribution is 2.37. The molecule has 39 heavy (non-hydrogen) atoms. The van der Waals surface area contributed by atoms with E-state index in [4.69, 9.17) is 0 Å². The van der Waals surface area contributed by atoms with Crippen LogP contribution in [0.3, 0.4) is 0 Å². The third kappa shape index (κ3) is 5.11. The Morgan fingerprint density at radius 1 is 0.846 bits per heavy atom. The number of carbonyl (C=O) groups excluding carboxylic acids is 1. The van der Waals surface area contributed by atoms with Crippen molar-refractivity contribution in [3.8, 4) is 0 Å². The zero-order chi connectivity index (χ0) is 26.9. The van der Waals surface area contributed by atoms with Crippen LogP contribution in [0.15, 0.2) is 91.0 Å². The first-order chi connectivity index (χ1) is 19.0. The van der Waals surface area contributed by atoms with Crippen LogP contribution in [0.5, 0.6) is 0 Å². The lowest BCUT2D eigenvalue weighted by atomic mass is 9.86. The van der Waals surface area contributed by atoms with E-state index in [1.165, 1.54) is 28.8 Å². The second kappa shape index (κ2) is 10.7. The Hall–Kier alpha value is -3.83. The summed E-state index contributed by atoms with van der Waals surface area (Å²) in [6.45, 7) is 3.07. The Kier molecular flexibility index (Phi) is 7.01. The van der Waals surface area contributed by atoms with E-state index >= 15 is 0 Å². The van der Waals surface area contributed by atoms with Crippen LogP contribution in [-0.4, -0.2) is 34.8 Å². The highest BCUT2D eigenvalue weighted by Gasteiger charge is 2.35. The van der Waals surface area contributed by atoms with Crippen LogP contribution in [0.1, 0.15) is 45.0 Å². The van der Waals surface area contributed by atoms with Crippen molar-refractivity contribution in [3.05, 3.63) is 142 Å². The Balaban J connectivity index is 1.34. The van der Waals surface area contributed by atoms with E-state index in [0.29, 0.717) is 12.1 Å². The SMILES string of the molecule is Cc1ccc(F)cc1C1c2ccccc2CCN1CC(=O)N(Cc1ccccc1F)C1Cc2ccccc2C1. The van der Waals surface area contributed by atoms with Gasteiger partial charge in [-0.3, -0.25) is 9.69 Å². The van der Waals surface area contributed by atoms with Crippen molar-refractivity contribution in [3.63, 3.8) is 0 Å². The van der Waals surface area contributed by atoms with Crippen LogP contribution in [0.4, 0.5) is 8.78 Å². The molecule has 0 aromatic heterocycles. The molecule has 1 aliphatic heterocycles. The topological polar surface area (TPSA) is 23.6 Å². The summed E-state index contributed by atoms with van der Waals surface area (Å²) in [6, 6.07) is 27.9. The number of nitrogens with zero attached hydrogens (tertiary/aromatic N) is 2. The number of halogens is 2. The monoisotopic (exact) mass is 522 g/mol. The number of fused-ring (bicyclic) bond motifs is 2. The molecule has 1 unspecified atom stereocenters. The minimum absolute atomic E-state index is 0.0329. The molecule has 4 aromatic carbocycles. The quantitative estimate of drug-likeness (QED) is 0.292. The third-order valence-corrected chi connectivity index (χ3v) is 8.35. The van der Waals surface area contributed by atoms with E-state index in [2.05, 4.69) is 29.2 Å². The van der Waals surface area contributed by atoms with Gasteiger partial charge < -0.3 is 4.90 Å². The van der Waals surface area contributed by atoms with Crippen LogP contribution in [0.25, 0.3) is 0 Å². The smallest absolute Gasteiger partial charge is 0.237 e. The van der Waals surface area contributed by atoms with Gasteiger partial charge >= 0.3 is 0 Å². The molecule has 1 atom stereocenters. The van der Waals surface area contributed by atoms with Gasteiger partial charge in [0.25, 0.3) is 0 Å². The maximum absolute atomic E-state index is 14.8. The van der Waals surface area contributed by atoms with Crippen molar-refractivity contribution >= 4 is 5.91 Å². The van der Waals surface area contributed by atoms with Crippen LogP contribution in [0, 0.1) is 18.6 Å². The van der Waals surface area contributed by atoms with Crippen LogP contribution < -0.4 is 0 Å². The fourth-order valence-electron chi connectivity index (χ4n) is 6.31. The second-order valence-corrected chi connectivity index (χ2v) is 10.8. The molecule has 0 saturated heterocycles. The number of hydrogen-bond donors (Lipinski definition) is 0. The van der Waals surface area contributed by atoms with Crippen LogP contribution in [0.2, 0.25) is 0 Å². The van der Waals surface area contributed by atoms with Gasteiger partial charge in [-0.05, 0) is 77.8 Å². The maximum Gasteiger partial charge on any atom is 0.237 e. The van der Waals surface area contributed by atoms with Gasteiger partial charge in [0.15, 0.2) is 0 Å². The number of carbonyl (C=O) groups is 1. The van der Waals surface area contributed by atoms with Gasteiger partial charge in [-0.15, -0.1) is 0 Å². The standard InChI is InChI=1S/C34H32F2N2O/c1-23-14-15-28(35)20-31(23)34-30-12-6-4-8-24(30)16-17-37(34)22-33(39)38(21-27-11-5-7-13-32(27)36)29-18-25-9-2-3-10-26(25)19-29/h2-15,20,29,34H,16-19,21-22H2,1H3. The van der Waals surface area contributed by atoms with E-state index in [1.807, 2.05) is 48.2 Å². The first kappa shape index (κ1) is 25.4. The zero-order valence-electron chi connectivity index (χ0n) is 22.1. The van der Waals surface area contributed by atoms with Gasteiger partial charge in [0, 0.05) is 24.7 Å². The number of amides is 1. The number of hydrogen-bond acceptors (Lipinski definition) is 2. The average molecular weight is 523 g/mol. The van der Waals surface area contributed by atoms with Gasteiger partial charge in [-0.25, -0.2) is 8.78 Å². The largest absolute Gasteiger partial charge is 0.333 e. The lowest BCUT2D eigenvalue weighted by Gasteiger charge is -2.39. The lowest BCUT2D eigenvalue weighted by Crippen LogP contribution is -2.48. The first-order valence-corrected chi connectivity index (χ1v) is 13.7. The molecule has 0 saturated carbocycles. The maximum atomic E-state index is 14.8. The van der Waals surface area contributed by atoms with Crippen molar-refractivity contribution in [2.24, 2.45) is 0 Å². The third-order valence-electron chi connectivity index (χ3n) is 8.35. The summed E-state index contributed by atoms with van der Waals surface area (Å²) in [6.07, 6.45) is 2.33. The van der Waals surface area contributed by atoms with E-state index in [-0.39, 0.29) is 42.7 Å². The predicted octanol–water partition coefficient (Wildman–Crippen LogP) is 6.42. The summed E-state index contributed by atoms with van der Waals surface area (Å²) in [4.78, 5) is 18.2. The Labute approximate surface area is 228 Å². The van der Waals surface area contributed by atoms with Gasteiger partial charge in [-0.1, -0.05) is 72.8 Å². The van der Waals surface area contributed by atoms with Gasteiger partial charge in [-0.2, -0.15) is 0 Å². The summed E-state index contributed by atoms with van der Waals surface area (Å²) < 4.78 is 29.3. The molecule has 1 amide bonds. The number of aryl methyl sites for hydroxylation is 1. The average Bonchev–Trinajstić information content (AvgIpc) is 3.38. The van der Waals surface area contributed by atoms with Crippen molar-refractivity contribution in [2.45, 2.75) is 44.8 Å². The van der Waals surface area contributed by atoms with E-state index < -0.39 is 0 Å². The normalized spacial score (nSPS) is 17.1. The molecule has 0 spiro atoms. The highest BCUT2D eigenvalue weighted by atomic mass is 19.1. The second-order valence-electron chi connectivity index (χ2n) is 10.8. The van der Waals surface area contributed by atoms with E-state index in [9.17, 15) is 13.6 Å². The van der Waals surface area contributed by atoms with Crippen molar-refractivity contribution in [2.75, 3.05) is 13.1 Å². The Morgan fingerprint density at radius 3 is 2.26 bits per heavy atom. The van der Waals surface area contributed by atoms with Gasteiger partial charge in [0.2, 0.25) is 5.91 Å². The Bertz CT molecular complexity index is 1490. The fraction of sp³-hybridized carbons (Fsp3) is 0.265. The van der Waals surface area contributed by atoms with Crippen molar-refractivity contribution in [1.29, 1.82) is 0 Å². The molecule has 0 fully saturated rings. The number of benzene rings is 4. The summed E-state index contributed by atoms with van der Waals surface area (Å²) >= 11 is 0. The van der Waals surface area contributed by atoms with Crippen LogP contribution in [-0.2, 0) is 30.6 Å².